The Bertz CT molecular complexity index is 781. The van der Waals surface area contributed by atoms with E-state index >= 15 is 0 Å². The van der Waals surface area contributed by atoms with Gasteiger partial charge in [-0.3, -0.25) is 0 Å². The monoisotopic (exact) mass is 352 g/mol. The molecule has 0 spiro atoms. The van der Waals surface area contributed by atoms with Crippen molar-refractivity contribution < 1.29 is 19.1 Å². The van der Waals surface area contributed by atoms with E-state index in [1.165, 1.54) is 0 Å². The van der Waals surface area contributed by atoms with Crippen LogP contribution in [0, 0.1) is 17.3 Å². The molecule has 4 rings (SSSR count). The van der Waals surface area contributed by atoms with Crippen molar-refractivity contribution in [1.29, 1.82) is 0 Å². The molecule has 0 radical (unpaired) electrons. The SMILES string of the molecule is C=C1C(=O)O[C@@H]2C[C@@]3(C)C[C@@H](OC(=O)c4ccccc4)CC(=C)[C@@H]3C[C@H]12. The van der Waals surface area contributed by atoms with Gasteiger partial charge in [-0.15, -0.1) is 0 Å². The summed E-state index contributed by atoms with van der Waals surface area (Å²) in [6, 6.07) is 9.06. The van der Waals surface area contributed by atoms with Crippen LogP contribution in [0.4, 0.5) is 0 Å². The zero-order chi connectivity index (χ0) is 18.5. The first-order valence-corrected chi connectivity index (χ1v) is 9.21. The molecule has 3 fully saturated rings. The van der Waals surface area contributed by atoms with Crippen molar-refractivity contribution in [2.75, 3.05) is 0 Å². The molecule has 136 valence electrons. The Balaban J connectivity index is 1.50. The second-order valence-corrected chi connectivity index (χ2v) is 8.18. The van der Waals surface area contributed by atoms with Gasteiger partial charge in [-0.25, -0.2) is 9.59 Å². The van der Waals surface area contributed by atoms with Gasteiger partial charge in [0.25, 0.3) is 0 Å². The molecular formula is C22H24O4. The highest BCUT2D eigenvalue weighted by Crippen LogP contribution is 2.57. The number of fused-ring (bicyclic) bond motifs is 2. The highest BCUT2D eigenvalue weighted by molar-refractivity contribution is 5.91. The van der Waals surface area contributed by atoms with E-state index in [2.05, 4.69) is 20.1 Å². The molecule has 0 unspecified atom stereocenters. The Kier molecular flexibility index (Phi) is 4.02. The molecule has 0 amide bonds. The van der Waals surface area contributed by atoms with Crippen molar-refractivity contribution in [2.24, 2.45) is 17.3 Å². The van der Waals surface area contributed by atoms with Gasteiger partial charge in [-0.05, 0) is 42.7 Å². The predicted molar refractivity (Wildman–Crippen MR) is 97.4 cm³/mol. The molecule has 3 aliphatic rings. The van der Waals surface area contributed by atoms with Crippen molar-refractivity contribution in [2.45, 2.75) is 44.8 Å². The highest BCUT2D eigenvalue weighted by atomic mass is 16.6. The Hall–Kier alpha value is -2.36. The van der Waals surface area contributed by atoms with Crippen molar-refractivity contribution in [3.63, 3.8) is 0 Å². The Morgan fingerprint density at radius 3 is 2.69 bits per heavy atom. The van der Waals surface area contributed by atoms with Crippen LogP contribution in [0.2, 0.25) is 0 Å². The summed E-state index contributed by atoms with van der Waals surface area (Å²) >= 11 is 0. The van der Waals surface area contributed by atoms with Crippen molar-refractivity contribution in [3.8, 4) is 0 Å². The minimum atomic E-state index is -0.292. The van der Waals surface area contributed by atoms with Gasteiger partial charge in [0.05, 0.1) is 5.56 Å². The maximum absolute atomic E-state index is 12.4. The number of hydrogen-bond acceptors (Lipinski definition) is 4. The second-order valence-electron chi connectivity index (χ2n) is 8.18. The van der Waals surface area contributed by atoms with Gasteiger partial charge in [-0.1, -0.05) is 43.9 Å². The summed E-state index contributed by atoms with van der Waals surface area (Å²) < 4.78 is 11.3. The lowest BCUT2D eigenvalue weighted by atomic mass is 9.55. The molecule has 1 aliphatic heterocycles. The molecule has 0 N–H and O–H groups in total. The molecule has 2 aliphatic carbocycles. The highest BCUT2D eigenvalue weighted by Gasteiger charge is 2.54. The van der Waals surface area contributed by atoms with Crippen LogP contribution in [0.5, 0.6) is 0 Å². The van der Waals surface area contributed by atoms with Crippen LogP contribution in [-0.4, -0.2) is 24.1 Å². The summed E-state index contributed by atoms with van der Waals surface area (Å²) in [5.41, 5.74) is 2.19. The zero-order valence-corrected chi connectivity index (χ0v) is 15.1. The van der Waals surface area contributed by atoms with Gasteiger partial charge in [0.1, 0.15) is 12.2 Å². The Morgan fingerprint density at radius 2 is 1.96 bits per heavy atom. The van der Waals surface area contributed by atoms with Gasteiger partial charge in [0.15, 0.2) is 0 Å². The first-order valence-electron chi connectivity index (χ1n) is 9.21. The van der Waals surface area contributed by atoms with Crippen LogP contribution < -0.4 is 0 Å². The number of carbonyl (C=O) groups excluding carboxylic acids is 2. The van der Waals surface area contributed by atoms with Crippen molar-refractivity contribution >= 4 is 11.9 Å². The zero-order valence-electron chi connectivity index (χ0n) is 15.1. The van der Waals surface area contributed by atoms with E-state index in [4.69, 9.17) is 9.47 Å². The molecule has 26 heavy (non-hydrogen) atoms. The Labute approximate surface area is 153 Å². The Morgan fingerprint density at radius 1 is 1.23 bits per heavy atom. The van der Waals surface area contributed by atoms with Crippen LogP contribution >= 0.6 is 0 Å². The van der Waals surface area contributed by atoms with Crippen molar-refractivity contribution in [3.05, 3.63) is 60.2 Å². The molecule has 1 aromatic carbocycles. The number of carbonyl (C=O) groups is 2. The molecule has 0 bridgehead atoms. The van der Waals surface area contributed by atoms with Crippen LogP contribution in [0.25, 0.3) is 0 Å². The summed E-state index contributed by atoms with van der Waals surface area (Å²) in [6.45, 7) is 10.4. The molecule has 1 saturated heterocycles. The minimum absolute atomic E-state index is 0.0803. The number of esters is 2. The standard InChI is InChI=1S/C22H24O4/c1-13-9-16(25-21(24)15-7-5-4-6-8-15)11-22(3)12-19-17(10-18(13)22)14(2)20(23)26-19/h4-8,16-19H,1-2,9-12H2,3H3/t16-,17+,18-,19+,22+/m0/s1. The van der Waals surface area contributed by atoms with E-state index in [0.717, 1.165) is 24.8 Å². The summed E-state index contributed by atoms with van der Waals surface area (Å²) in [5, 5.41) is 0. The minimum Gasteiger partial charge on any atom is -0.458 e. The van der Waals surface area contributed by atoms with Crippen LogP contribution in [0.3, 0.4) is 0 Å². The van der Waals surface area contributed by atoms with Gasteiger partial charge in [0.2, 0.25) is 0 Å². The van der Waals surface area contributed by atoms with E-state index in [9.17, 15) is 9.59 Å². The molecule has 2 saturated carbocycles. The first-order chi connectivity index (χ1) is 12.4. The average Bonchev–Trinajstić information content (AvgIpc) is 2.86. The lowest BCUT2D eigenvalue weighted by Gasteiger charge is -2.51. The maximum atomic E-state index is 12.4. The first kappa shape index (κ1) is 17.1. The fourth-order valence-electron chi connectivity index (χ4n) is 5.08. The van der Waals surface area contributed by atoms with E-state index in [1.807, 2.05) is 18.2 Å². The van der Waals surface area contributed by atoms with Crippen LogP contribution in [0.1, 0.15) is 43.0 Å². The van der Waals surface area contributed by atoms with E-state index in [-0.39, 0.29) is 35.5 Å². The van der Waals surface area contributed by atoms with Crippen LogP contribution in [-0.2, 0) is 14.3 Å². The number of ether oxygens (including phenoxy) is 2. The second kappa shape index (κ2) is 6.11. The quantitative estimate of drug-likeness (QED) is 0.457. The van der Waals surface area contributed by atoms with Crippen LogP contribution in [0.15, 0.2) is 54.6 Å². The largest absolute Gasteiger partial charge is 0.458 e. The smallest absolute Gasteiger partial charge is 0.338 e. The molecule has 1 heterocycles. The third-order valence-electron chi connectivity index (χ3n) is 6.38. The maximum Gasteiger partial charge on any atom is 0.338 e. The van der Waals surface area contributed by atoms with Gasteiger partial charge in [0, 0.05) is 17.9 Å². The molecule has 0 aromatic heterocycles. The molecule has 4 nitrogen and oxygen atoms in total. The summed E-state index contributed by atoms with van der Waals surface area (Å²) in [5.74, 6) is -0.151. The summed E-state index contributed by atoms with van der Waals surface area (Å²) in [4.78, 5) is 24.3. The number of rotatable bonds is 2. The van der Waals surface area contributed by atoms with E-state index in [0.29, 0.717) is 23.5 Å². The van der Waals surface area contributed by atoms with Gasteiger partial charge >= 0.3 is 11.9 Å². The predicted octanol–water partition coefficient (Wildman–Crippen LogP) is 4.08. The average molecular weight is 352 g/mol. The van der Waals surface area contributed by atoms with Gasteiger partial charge in [-0.2, -0.15) is 0 Å². The fourth-order valence-corrected chi connectivity index (χ4v) is 5.08. The lowest BCUT2D eigenvalue weighted by molar-refractivity contribution is -0.142. The third kappa shape index (κ3) is 2.77. The van der Waals surface area contributed by atoms with Gasteiger partial charge < -0.3 is 9.47 Å². The molecule has 5 atom stereocenters. The van der Waals surface area contributed by atoms with E-state index < -0.39 is 0 Å². The normalized spacial score (nSPS) is 36.1. The number of benzene rings is 1. The van der Waals surface area contributed by atoms with Crippen molar-refractivity contribution in [1.82, 2.24) is 0 Å². The lowest BCUT2D eigenvalue weighted by Crippen LogP contribution is -2.47. The summed E-state index contributed by atoms with van der Waals surface area (Å²) in [7, 11) is 0. The molecular weight excluding hydrogens is 328 g/mol. The summed E-state index contributed by atoms with van der Waals surface area (Å²) in [6.07, 6.45) is 2.77. The third-order valence-corrected chi connectivity index (χ3v) is 6.38. The topological polar surface area (TPSA) is 52.6 Å². The fraction of sp³-hybridized carbons (Fsp3) is 0.455. The number of hydrogen-bond donors (Lipinski definition) is 0. The molecule has 1 aromatic rings. The van der Waals surface area contributed by atoms with E-state index in [1.54, 1.807) is 12.1 Å². The molecule has 4 heteroatoms.